The number of hydrogen-bond donors (Lipinski definition) is 1. The van der Waals surface area contributed by atoms with Crippen molar-refractivity contribution in [2.75, 3.05) is 0 Å². The highest BCUT2D eigenvalue weighted by Gasteiger charge is 2.12. The first-order valence-electron chi connectivity index (χ1n) is 5.78. The molecule has 0 aliphatic carbocycles. The number of fused-ring (bicyclic) bond motifs is 1. The highest BCUT2D eigenvalue weighted by atomic mass is 35.5. The molecule has 0 saturated carbocycles. The molecule has 0 atom stereocenters. The van der Waals surface area contributed by atoms with Crippen molar-refractivity contribution >= 4 is 45.9 Å². The minimum atomic E-state index is 0.728. The number of nitrogens with zero attached hydrogens (tertiary/aromatic N) is 3. The first-order chi connectivity index (χ1) is 9.78. The Kier molecular flexibility index (Phi) is 3.95. The topological polar surface area (TPSA) is 49.9 Å². The van der Waals surface area contributed by atoms with Gasteiger partial charge in [0.15, 0.2) is 4.96 Å². The quantitative estimate of drug-likeness (QED) is 0.339. The van der Waals surface area contributed by atoms with Gasteiger partial charge in [-0.05, 0) is 17.7 Å². The second-order valence-corrected chi connectivity index (χ2v) is 6.29. The van der Waals surface area contributed by atoms with Gasteiger partial charge in [0.05, 0.1) is 6.21 Å². The Balaban J connectivity index is 1.87. The molecule has 0 aliphatic heterocycles. The van der Waals surface area contributed by atoms with E-state index in [1.165, 1.54) is 6.21 Å². The number of thiazole rings is 1. The van der Waals surface area contributed by atoms with Crippen molar-refractivity contribution < 1.29 is 5.21 Å². The van der Waals surface area contributed by atoms with Crippen LogP contribution in [0.5, 0.6) is 0 Å². The van der Waals surface area contributed by atoms with E-state index in [0.717, 1.165) is 32.0 Å². The molecular weight excluding hydrogens is 314 g/mol. The van der Waals surface area contributed by atoms with E-state index in [4.69, 9.17) is 16.8 Å². The van der Waals surface area contributed by atoms with E-state index in [1.807, 2.05) is 40.2 Å². The maximum absolute atomic E-state index is 8.79. The van der Waals surface area contributed by atoms with Crippen molar-refractivity contribution in [3.63, 3.8) is 0 Å². The average molecular weight is 324 g/mol. The Labute approximate surface area is 128 Å². The molecular formula is C13H10ClN3OS2. The lowest BCUT2D eigenvalue weighted by Crippen LogP contribution is -1.90. The molecule has 0 fully saturated rings. The van der Waals surface area contributed by atoms with Crippen molar-refractivity contribution in [1.82, 2.24) is 9.38 Å². The van der Waals surface area contributed by atoms with Crippen LogP contribution < -0.4 is 0 Å². The molecule has 3 aromatic rings. The first kappa shape index (κ1) is 13.5. The van der Waals surface area contributed by atoms with Crippen molar-refractivity contribution in [1.29, 1.82) is 0 Å². The van der Waals surface area contributed by atoms with Crippen molar-refractivity contribution in [2.45, 2.75) is 10.8 Å². The standard InChI is InChI=1S/C13H10ClN3OS2/c14-10-3-1-2-9(6-10)8-20-12-11(7-15-18)17-4-5-19-13(17)16-12/h1-7,18H,8H2/b15-7+. The van der Waals surface area contributed by atoms with Crippen LogP contribution in [-0.2, 0) is 5.75 Å². The molecule has 2 aromatic heterocycles. The molecule has 102 valence electrons. The highest BCUT2D eigenvalue weighted by molar-refractivity contribution is 7.98. The molecule has 0 amide bonds. The third kappa shape index (κ3) is 2.67. The number of oxime groups is 1. The van der Waals surface area contributed by atoms with Gasteiger partial charge < -0.3 is 5.21 Å². The number of thioether (sulfide) groups is 1. The molecule has 1 aromatic carbocycles. The zero-order chi connectivity index (χ0) is 13.9. The summed E-state index contributed by atoms with van der Waals surface area (Å²) in [6.45, 7) is 0. The molecule has 1 N–H and O–H groups in total. The predicted octanol–water partition coefficient (Wildman–Crippen LogP) is 4.15. The smallest absolute Gasteiger partial charge is 0.195 e. The molecule has 0 saturated heterocycles. The molecule has 0 aliphatic rings. The van der Waals surface area contributed by atoms with Gasteiger partial charge in [-0.2, -0.15) is 0 Å². The number of hydrogen-bond acceptors (Lipinski definition) is 5. The Morgan fingerprint density at radius 3 is 3.20 bits per heavy atom. The van der Waals surface area contributed by atoms with Gasteiger partial charge in [0.1, 0.15) is 10.7 Å². The Morgan fingerprint density at radius 1 is 1.50 bits per heavy atom. The van der Waals surface area contributed by atoms with Crippen LogP contribution in [0.25, 0.3) is 4.96 Å². The molecule has 0 bridgehead atoms. The molecule has 2 heterocycles. The van der Waals surface area contributed by atoms with E-state index >= 15 is 0 Å². The van der Waals surface area contributed by atoms with E-state index in [2.05, 4.69) is 10.1 Å². The van der Waals surface area contributed by atoms with E-state index in [-0.39, 0.29) is 0 Å². The lowest BCUT2D eigenvalue weighted by atomic mass is 10.2. The number of aromatic nitrogens is 2. The van der Waals surface area contributed by atoms with Gasteiger partial charge >= 0.3 is 0 Å². The summed E-state index contributed by atoms with van der Waals surface area (Å²) >= 11 is 9.11. The van der Waals surface area contributed by atoms with Crippen molar-refractivity contribution in [3.8, 4) is 0 Å². The van der Waals surface area contributed by atoms with Crippen LogP contribution in [-0.4, -0.2) is 20.8 Å². The summed E-state index contributed by atoms with van der Waals surface area (Å²) in [5.74, 6) is 0.762. The van der Waals surface area contributed by atoms with Gasteiger partial charge in [0.25, 0.3) is 0 Å². The Morgan fingerprint density at radius 2 is 2.40 bits per heavy atom. The van der Waals surface area contributed by atoms with Gasteiger partial charge in [-0.1, -0.05) is 40.7 Å². The second-order valence-electron chi connectivity index (χ2n) is 4.02. The van der Waals surface area contributed by atoms with Crippen LogP contribution >= 0.6 is 34.7 Å². The van der Waals surface area contributed by atoms with Gasteiger partial charge in [0, 0.05) is 22.4 Å². The molecule has 0 unspecified atom stereocenters. The van der Waals surface area contributed by atoms with Crippen LogP contribution in [0.2, 0.25) is 5.02 Å². The zero-order valence-electron chi connectivity index (χ0n) is 10.2. The van der Waals surface area contributed by atoms with Crippen LogP contribution in [0, 0.1) is 0 Å². The zero-order valence-corrected chi connectivity index (χ0v) is 12.6. The lowest BCUT2D eigenvalue weighted by molar-refractivity contribution is 0.321. The van der Waals surface area contributed by atoms with E-state index in [1.54, 1.807) is 23.1 Å². The SMILES string of the molecule is O/N=C/c1c(SCc2cccc(Cl)c2)nc2sccn12. The van der Waals surface area contributed by atoms with Gasteiger partial charge in [0.2, 0.25) is 0 Å². The largest absolute Gasteiger partial charge is 0.411 e. The fourth-order valence-electron chi connectivity index (χ4n) is 1.84. The monoisotopic (exact) mass is 323 g/mol. The summed E-state index contributed by atoms with van der Waals surface area (Å²) in [5, 5.41) is 15.4. The maximum atomic E-state index is 8.79. The molecule has 3 rings (SSSR count). The number of benzene rings is 1. The summed E-state index contributed by atoms with van der Waals surface area (Å²) < 4.78 is 1.91. The number of imidazole rings is 1. The fraction of sp³-hybridized carbons (Fsp3) is 0.0769. The average Bonchev–Trinajstić information content (AvgIpc) is 3.00. The predicted molar refractivity (Wildman–Crippen MR) is 83.5 cm³/mol. The maximum Gasteiger partial charge on any atom is 0.195 e. The van der Waals surface area contributed by atoms with Crippen LogP contribution in [0.3, 0.4) is 0 Å². The minimum absolute atomic E-state index is 0.728. The van der Waals surface area contributed by atoms with E-state index < -0.39 is 0 Å². The van der Waals surface area contributed by atoms with Crippen LogP contribution in [0.1, 0.15) is 11.3 Å². The van der Waals surface area contributed by atoms with E-state index in [0.29, 0.717) is 0 Å². The van der Waals surface area contributed by atoms with E-state index in [9.17, 15) is 0 Å². The second kappa shape index (κ2) is 5.87. The third-order valence-corrected chi connectivity index (χ3v) is 4.75. The van der Waals surface area contributed by atoms with Crippen LogP contribution in [0.15, 0.2) is 46.0 Å². The van der Waals surface area contributed by atoms with Gasteiger partial charge in [-0.15, -0.1) is 11.3 Å². The molecule has 7 heteroatoms. The fourth-order valence-corrected chi connectivity index (χ4v) is 3.76. The molecule has 0 radical (unpaired) electrons. The summed E-state index contributed by atoms with van der Waals surface area (Å²) in [5.41, 5.74) is 1.92. The summed E-state index contributed by atoms with van der Waals surface area (Å²) in [6, 6.07) is 7.75. The lowest BCUT2D eigenvalue weighted by Gasteiger charge is -2.01. The summed E-state index contributed by atoms with van der Waals surface area (Å²) in [4.78, 5) is 5.42. The van der Waals surface area contributed by atoms with Gasteiger partial charge in [-0.3, -0.25) is 4.40 Å². The summed E-state index contributed by atoms with van der Waals surface area (Å²) in [6.07, 6.45) is 3.32. The summed E-state index contributed by atoms with van der Waals surface area (Å²) in [7, 11) is 0. The molecule has 4 nitrogen and oxygen atoms in total. The number of rotatable bonds is 4. The van der Waals surface area contributed by atoms with Crippen molar-refractivity contribution in [3.05, 3.63) is 52.1 Å². The third-order valence-electron chi connectivity index (χ3n) is 2.71. The highest BCUT2D eigenvalue weighted by Crippen LogP contribution is 2.28. The first-order valence-corrected chi connectivity index (χ1v) is 8.02. The molecule has 20 heavy (non-hydrogen) atoms. The van der Waals surface area contributed by atoms with Crippen molar-refractivity contribution in [2.24, 2.45) is 5.16 Å². The van der Waals surface area contributed by atoms with Gasteiger partial charge in [-0.25, -0.2) is 4.98 Å². The van der Waals surface area contributed by atoms with Crippen LogP contribution in [0.4, 0.5) is 0 Å². The Bertz CT molecular complexity index is 766. The molecule has 0 spiro atoms. The number of halogens is 1. The minimum Gasteiger partial charge on any atom is -0.411 e. The Hall–Kier alpha value is -1.50. The normalized spacial score (nSPS) is 11.7.